The summed E-state index contributed by atoms with van der Waals surface area (Å²) in [5.74, 6) is 0.648. The number of anilines is 4. The summed E-state index contributed by atoms with van der Waals surface area (Å²) in [6.07, 6.45) is 1.49. The molecule has 0 unspecified atom stereocenters. The Bertz CT molecular complexity index is 1470. The predicted molar refractivity (Wildman–Crippen MR) is 152 cm³/mol. The lowest BCUT2D eigenvalue weighted by molar-refractivity contribution is 0.233. The second kappa shape index (κ2) is 12.5. The topological polar surface area (TPSA) is 78.7 Å². The van der Waals surface area contributed by atoms with E-state index < -0.39 is 0 Å². The lowest BCUT2D eigenvalue weighted by Gasteiger charge is -2.27. The van der Waals surface area contributed by atoms with Crippen molar-refractivity contribution in [1.29, 1.82) is 0 Å². The molecule has 2 heterocycles. The highest BCUT2D eigenvalue weighted by molar-refractivity contribution is 6.33. The second-order valence-electron chi connectivity index (χ2n) is 9.01. The van der Waals surface area contributed by atoms with Crippen LogP contribution in [0.5, 0.6) is 5.75 Å². The maximum absolute atomic E-state index is 14.0. The zero-order valence-corrected chi connectivity index (χ0v) is 21.9. The fourth-order valence-corrected chi connectivity index (χ4v) is 4.36. The molecule has 3 aromatic carbocycles. The standard InChI is InChI=1S/C29H27ClFN7O/c1-32-27-25(7-4-8-26(27)39-19-21-5-2-3-6-24(21)31)36-28-23(30)17-34-29(37-28)35-22-11-9-20(10-12-22)18-38-15-13-33-14-16-38/h2-12,17,33H,13-16,18-19H2,(H2,34,35,36,37). The van der Waals surface area contributed by atoms with Gasteiger partial charge in [-0.15, -0.1) is 0 Å². The Morgan fingerprint density at radius 3 is 2.59 bits per heavy atom. The van der Waals surface area contributed by atoms with Gasteiger partial charge < -0.3 is 20.7 Å². The van der Waals surface area contributed by atoms with Gasteiger partial charge in [0.1, 0.15) is 23.2 Å². The predicted octanol–water partition coefficient (Wildman–Crippen LogP) is 6.29. The SMILES string of the molecule is [C-]#[N+]c1c(Nc2nc(Nc3ccc(CN4CCNCC4)cc3)ncc2Cl)cccc1OCc1ccccc1F. The van der Waals surface area contributed by atoms with Gasteiger partial charge in [-0.25, -0.2) is 14.2 Å². The van der Waals surface area contributed by atoms with Gasteiger partial charge in [-0.05, 0) is 35.9 Å². The molecule has 39 heavy (non-hydrogen) atoms. The summed E-state index contributed by atoms with van der Waals surface area (Å²) in [6, 6.07) is 19.7. The van der Waals surface area contributed by atoms with Crippen LogP contribution in [-0.2, 0) is 13.2 Å². The summed E-state index contributed by atoms with van der Waals surface area (Å²) in [5, 5.41) is 9.99. The molecule has 1 aromatic heterocycles. The number of hydrogen-bond donors (Lipinski definition) is 3. The van der Waals surface area contributed by atoms with Crippen LogP contribution >= 0.6 is 11.6 Å². The van der Waals surface area contributed by atoms with Crippen molar-refractivity contribution < 1.29 is 9.13 Å². The maximum atomic E-state index is 14.0. The van der Waals surface area contributed by atoms with Crippen molar-refractivity contribution in [2.75, 3.05) is 36.8 Å². The van der Waals surface area contributed by atoms with Crippen molar-refractivity contribution in [2.24, 2.45) is 0 Å². The number of piperazine rings is 1. The lowest BCUT2D eigenvalue weighted by atomic mass is 10.2. The Kier molecular flexibility index (Phi) is 8.48. The minimum atomic E-state index is -0.363. The lowest BCUT2D eigenvalue weighted by Crippen LogP contribution is -2.42. The highest BCUT2D eigenvalue weighted by Crippen LogP contribution is 2.38. The molecule has 0 radical (unpaired) electrons. The van der Waals surface area contributed by atoms with Gasteiger partial charge in [-0.1, -0.05) is 48.0 Å². The molecule has 0 atom stereocenters. The molecule has 0 saturated carbocycles. The van der Waals surface area contributed by atoms with Crippen LogP contribution in [0.15, 0.2) is 72.9 Å². The summed E-state index contributed by atoms with van der Waals surface area (Å²) in [6.45, 7) is 12.7. The molecule has 4 aromatic rings. The first-order chi connectivity index (χ1) is 19.1. The van der Waals surface area contributed by atoms with Gasteiger partial charge in [-0.3, -0.25) is 4.90 Å². The summed E-state index contributed by atoms with van der Waals surface area (Å²) < 4.78 is 19.8. The number of nitrogens with one attached hydrogen (secondary N) is 3. The Labute approximate surface area is 231 Å². The van der Waals surface area contributed by atoms with E-state index >= 15 is 0 Å². The van der Waals surface area contributed by atoms with Crippen LogP contribution < -0.4 is 20.7 Å². The molecule has 8 nitrogen and oxygen atoms in total. The van der Waals surface area contributed by atoms with Gasteiger partial charge in [-0.2, -0.15) is 4.98 Å². The zero-order chi connectivity index (χ0) is 27.0. The van der Waals surface area contributed by atoms with Crippen molar-refractivity contribution in [1.82, 2.24) is 20.2 Å². The minimum Gasteiger partial charge on any atom is -0.500 e. The van der Waals surface area contributed by atoms with E-state index in [2.05, 4.69) is 47.8 Å². The van der Waals surface area contributed by atoms with Crippen LogP contribution in [-0.4, -0.2) is 41.0 Å². The summed E-state index contributed by atoms with van der Waals surface area (Å²) in [5.41, 5.74) is 3.18. The molecule has 3 N–H and O–H groups in total. The molecule has 198 valence electrons. The number of halogens is 2. The maximum Gasteiger partial charge on any atom is 0.250 e. The van der Waals surface area contributed by atoms with Crippen LogP contribution in [0.4, 0.5) is 33.2 Å². The van der Waals surface area contributed by atoms with Crippen molar-refractivity contribution in [3.8, 4) is 5.75 Å². The zero-order valence-electron chi connectivity index (χ0n) is 21.1. The average Bonchev–Trinajstić information content (AvgIpc) is 2.96. The van der Waals surface area contributed by atoms with E-state index in [1.54, 1.807) is 36.4 Å². The van der Waals surface area contributed by atoms with Crippen LogP contribution in [0.1, 0.15) is 11.1 Å². The van der Waals surface area contributed by atoms with E-state index in [9.17, 15) is 4.39 Å². The van der Waals surface area contributed by atoms with Crippen molar-refractivity contribution >= 4 is 40.4 Å². The first kappa shape index (κ1) is 26.4. The van der Waals surface area contributed by atoms with Crippen LogP contribution in [0.25, 0.3) is 4.85 Å². The first-order valence-electron chi connectivity index (χ1n) is 12.5. The molecule has 0 amide bonds. The van der Waals surface area contributed by atoms with Crippen LogP contribution in [0.3, 0.4) is 0 Å². The van der Waals surface area contributed by atoms with Gasteiger partial charge >= 0.3 is 0 Å². The molecule has 1 saturated heterocycles. The van der Waals surface area contributed by atoms with Crippen molar-refractivity contribution in [2.45, 2.75) is 13.2 Å². The molecule has 5 rings (SSSR count). The Balaban J connectivity index is 1.28. The summed E-state index contributed by atoms with van der Waals surface area (Å²) >= 11 is 6.38. The smallest absolute Gasteiger partial charge is 0.250 e. The number of benzene rings is 3. The third-order valence-electron chi connectivity index (χ3n) is 6.27. The van der Waals surface area contributed by atoms with E-state index in [1.165, 1.54) is 17.8 Å². The fraction of sp³-hybridized carbons (Fsp3) is 0.207. The van der Waals surface area contributed by atoms with E-state index in [-0.39, 0.29) is 18.1 Å². The highest BCUT2D eigenvalue weighted by atomic mass is 35.5. The Hall–Kier alpha value is -4.23. The van der Waals surface area contributed by atoms with Crippen molar-refractivity contribution in [3.05, 3.63) is 106 Å². The second-order valence-corrected chi connectivity index (χ2v) is 9.41. The number of aromatic nitrogens is 2. The molecule has 0 aliphatic carbocycles. The monoisotopic (exact) mass is 543 g/mol. The quantitative estimate of drug-likeness (QED) is 0.214. The molecule has 10 heteroatoms. The van der Waals surface area contributed by atoms with E-state index in [0.29, 0.717) is 33.8 Å². The van der Waals surface area contributed by atoms with Gasteiger partial charge in [0, 0.05) is 49.7 Å². The van der Waals surface area contributed by atoms with E-state index in [4.69, 9.17) is 22.9 Å². The number of hydrogen-bond acceptors (Lipinski definition) is 7. The Morgan fingerprint density at radius 2 is 1.82 bits per heavy atom. The van der Waals surface area contributed by atoms with Gasteiger partial charge in [0.05, 0.1) is 12.8 Å². The van der Waals surface area contributed by atoms with Gasteiger partial charge in [0.15, 0.2) is 5.82 Å². The third-order valence-corrected chi connectivity index (χ3v) is 6.55. The van der Waals surface area contributed by atoms with Gasteiger partial charge in [0.2, 0.25) is 5.95 Å². The summed E-state index contributed by atoms with van der Waals surface area (Å²) in [4.78, 5) is 14.9. The molecule has 1 aliphatic rings. The minimum absolute atomic E-state index is 0.00495. The number of ether oxygens (including phenoxy) is 1. The molecule has 0 bridgehead atoms. The van der Waals surface area contributed by atoms with Crippen LogP contribution in [0.2, 0.25) is 5.02 Å². The largest absolute Gasteiger partial charge is 0.500 e. The number of rotatable bonds is 9. The van der Waals surface area contributed by atoms with E-state index in [1.807, 2.05) is 12.1 Å². The molecular formula is C29H27ClFN7O. The van der Waals surface area contributed by atoms with E-state index in [0.717, 1.165) is 38.4 Å². The number of para-hydroxylation sites is 1. The number of nitrogens with zero attached hydrogens (tertiary/aromatic N) is 4. The molecular weight excluding hydrogens is 517 g/mol. The highest BCUT2D eigenvalue weighted by Gasteiger charge is 2.15. The van der Waals surface area contributed by atoms with Crippen LogP contribution in [0, 0.1) is 12.4 Å². The molecule has 0 spiro atoms. The third kappa shape index (κ3) is 6.81. The summed E-state index contributed by atoms with van der Waals surface area (Å²) in [7, 11) is 0. The molecule has 1 aliphatic heterocycles. The fourth-order valence-electron chi connectivity index (χ4n) is 4.22. The average molecular weight is 544 g/mol. The molecule has 1 fully saturated rings. The Morgan fingerprint density at radius 1 is 1.03 bits per heavy atom. The normalized spacial score (nSPS) is 13.5. The first-order valence-corrected chi connectivity index (χ1v) is 12.9. The van der Waals surface area contributed by atoms with Crippen molar-refractivity contribution in [3.63, 3.8) is 0 Å². The van der Waals surface area contributed by atoms with Gasteiger partial charge in [0.25, 0.3) is 5.69 Å².